The van der Waals surface area contributed by atoms with E-state index in [1.165, 1.54) is 11.8 Å². The third-order valence-electron chi connectivity index (χ3n) is 2.29. The molecule has 0 aliphatic carbocycles. The van der Waals surface area contributed by atoms with Gasteiger partial charge in [-0.25, -0.2) is 0 Å². The van der Waals surface area contributed by atoms with Crippen LogP contribution in [0.15, 0.2) is 37.1 Å². The van der Waals surface area contributed by atoms with Crippen LogP contribution >= 0.6 is 0 Å². The van der Waals surface area contributed by atoms with Crippen LogP contribution in [-0.2, 0) is 11.3 Å². The van der Waals surface area contributed by atoms with E-state index in [-0.39, 0.29) is 6.61 Å². The molecule has 0 aliphatic heterocycles. The van der Waals surface area contributed by atoms with Gasteiger partial charge in [0.25, 0.3) is 0 Å². The first kappa shape index (κ1) is 14.1. The van der Waals surface area contributed by atoms with Crippen molar-refractivity contribution in [2.24, 2.45) is 0 Å². The van der Waals surface area contributed by atoms with Crippen molar-refractivity contribution in [3.8, 4) is 11.8 Å². The largest absolute Gasteiger partial charge is 0.502 e. The quantitative estimate of drug-likeness (QED) is 0.536. The fourth-order valence-corrected chi connectivity index (χ4v) is 1.42. The number of nitrogens with zero attached hydrogens (tertiary/aromatic N) is 1. The van der Waals surface area contributed by atoms with E-state index in [9.17, 15) is 0 Å². The minimum absolute atomic E-state index is 0.0842. The normalized spacial score (nSPS) is 9.50. The molecule has 0 saturated heterocycles. The Balaban J connectivity index is 2.18. The standard InChI is InChI=1S/C14H18N2O2/c1-2-17-10-3-9-16-12-13-4-6-14(7-5-13)18-11-8-15/h2,4-7,16H,1,3,9-12H2. The van der Waals surface area contributed by atoms with Gasteiger partial charge in [-0.3, -0.25) is 0 Å². The molecule has 4 nitrogen and oxygen atoms in total. The van der Waals surface area contributed by atoms with Crippen molar-refractivity contribution in [2.45, 2.75) is 13.0 Å². The number of nitriles is 1. The highest BCUT2D eigenvalue weighted by Gasteiger charge is 1.95. The molecule has 0 aliphatic rings. The van der Waals surface area contributed by atoms with Gasteiger partial charge in [-0.15, -0.1) is 0 Å². The maximum atomic E-state index is 8.39. The Hall–Kier alpha value is -1.99. The molecule has 0 saturated carbocycles. The van der Waals surface area contributed by atoms with Crippen molar-refractivity contribution in [3.05, 3.63) is 42.7 Å². The Morgan fingerprint density at radius 1 is 1.33 bits per heavy atom. The molecule has 96 valence electrons. The summed E-state index contributed by atoms with van der Waals surface area (Å²) >= 11 is 0. The maximum Gasteiger partial charge on any atom is 0.174 e. The number of rotatable bonds is 9. The smallest absolute Gasteiger partial charge is 0.174 e. The first-order valence-electron chi connectivity index (χ1n) is 5.88. The minimum Gasteiger partial charge on any atom is -0.502 e. The van der Waals surface area contributed by atoms with Crippen molar-refractivity contribution < 1.29 is 9.47 Å². The molecule has 4 heteroatoms. The SMILES string of the molecule is C=COCCCNCc1ccc(OCC#N)cc1. The topological polar surface area (TPSA) is 54.3 Å². The van der Waals surface area contributed by atoms with Gasteiger partial charge in [0.1, 0.15) is 11.8 Å². The highest BCUT2D eigenvalue weighted by atomic mass is 16.5. The van der Waals surface area contributed by atoms with Crippen molar-refractivity contribution in [2.75, 3.05) is 19.8 Å². The highest BCUT2D eigenvalue weighted by Crippen LogP contribution is 2.11. The van der Waals surface area contributed by atoms with Gasteiger partial charge in [-0.05, 0) is 30.7 Å². The first-order chi connectivity index (χ1) is 8.86. The zero-order valence-corrected chi connectivity index (χ0v) is 10.4. The van der Waals surface area contributed by atoms with Gasteiger partial charge in [0.15, 0.2) is 6.61 Å². The second-order valence-electron chi connectivity index (χ2n) is 3.66. The van der Waals surface area contributed by atoms with E-state index in [4.69, 9.17) is 14.7 Å². The summed E-state index contributed by atoms with van der Waals surface area (Å²) in [5.41, 5.74) is 1.18. The summed E-state index contributed by atoms with van der Waals surface area (Å²) in [6.45, 7) is 5.97. The lowest BCUT2D eigenvalue weighted by atomic mass is 10.2. The average molecular weight is 246 g/mol. The molecule has 1 aromatic carbocycles. The van der Waals surface area contributed by atoms with E-state index in [1.54, 1.807) is 0 Å². The number of ether oxygens (including phenoxy) is 2. The van der Waals surface area contributed by atoms with E-state index in [1.807, 2.05) is 30.3 Å². The Bertz CT molecular complexity index is 382. The number of hydrogen-bond acceptors (Lipinski definition) is 4. The molecular weight excluding hydrogens is 228 g/mol. The number of hydrogen-bond donors (Lipinski definition) is 1. The van der Waals surface area contributed by atoms with Gasteiger partial charge >= 0.3 is 0 Å². The molecule has 0 amide bonds. The van der Waals surface area contributed by atoms with E-state index < -0.39 is 0 Å². The lowest BCUT2D eigenvalue weighted by Crippen LogP contribution is -2.15. The second kappa shape index (κ2) is 9.08. The number of nitrogens with one attached hydrogen (secondary N) is 1. The summed E-state index contributed by atoms with van der Waals surface area (Å²) < 4.78 is 10.2. The molecule has 1 rings (SSSR count). The van der Waals surface area contributed by atoms with Crippen molar-refractivity contribution in [3.63, 3.8) is 0 Å². The van der Waals surface area contributed by atoms with Crippen LogP contribution in [0.5, 0.6) is 5.75 Å². The number of benzene rings is 1. The molecule has 0 fully saturated rings. The van der Waals surface area contributed by atoms with Crippen LogP contribution in [0.3, 0.4) is 0 Å². The second-order valence-corrected chi connectivity index (χ2v) is 3.66. The van der Waals surface area contributed by atoms with Gasteiger partial charge in [0.05, 0.1) is 12.9 Å². The van der Waals surface area contributed by atoms with Gasteiger partial charge in [-0.2, -0.15) is 5.26 Å². The Morgan fingerprint density at radius 2 is 2.11 bits per heavy atom. The van der Waals surface area contributed by atoms with Crippen LogP contribution in [-0.4, -0.2) is 19.8 Å². The Kier molecular flexibility index (Phi) is 7.10. The molecule has 0 aromatic heterocycles. The summed E-state index contributed by atoms with van der Waals surface area (Å²) in [6.07, 6.45) is 2.41. The predicted molar refractivity (Wildman–Crippen MR) is 70.0 cm³/mol. The molecule has 0 bridgehead atoms. The summed E-state index contributed by atoms with van der Waals surface area (Å²) in [7, 11) is 0. The van der Waals surface area contributed by atoms with Crippen molar-refractivity contribution >= 4 is 0 Å². The minimum atomic E-state index is 0.0842. The zero-order chi connectivity index (χ0) is 13.1. The highest BCUT2D eigenvalue weighted by molar-refractivity contribution is 5.27. The molecule has 0 heterocycles. The molecule has 1 N–H and O–H groups in total. The van der Waals surface area contributed by atoms with Crippen LogP contribution in [0.1, 0.15) is 12.0 Å². The lowest BCUT2D eigenvalue weighted by molar-refractivity contribution is 0.244. The first-order valence-corrected chi connectivity index (χ1v) is 5.88. The van der Waals surface area contributed by atoms with Crippen molar-refractivity contribution in [1.29, 1.82) is 5.26 Å². The van der Waals surface area contributed by atoms with Gasteiger partial charge in [0.2, 0.25) is 0 Å². The molecule has 0 spiro atoms. The summed E-state index contributed by atoms with van der Waals surface area (Å²) in [5, 5.41) is 11.7. The molecule has 0 unspecified atom stereocenters. The molecule has 0 atom stereocenters. The van der Waals surface area contributed by atoms with E-state index >= 15 is 0 Å². The van der Waals surface area contributed by atoms with Gasteiger partial charge in [0, 0.05) is 6.54 Å². The monoisotopic (exact) mass is 246 g/mol. The van der Waals surface area contributed by atoms with Crippen LogP contribution < -0.4 is 10.1 Å². The lowest BCUT2D eigenvalue weighted by Gasteiger charge is -2.06. The van der Waals surface area contributed by atoms with Crippen LogP contribution in [0, 0.1) is 11.3 Å². The van der Waals surface area contributed by atoms with E-state index in [0.29, 0.717) is 6.61 Å². The Labute approximate surface area is 108 Å². The fraction of sp³-hybridized carbons (Fsp3) is 0.357. The predicted octanol–water partition coefficient (Wildman–Crippen LogP) is 2.23. The molecular formula is C14H18N2O2. The molecule has 1 aromatic rings. The van der Waals surface area contributed by atoms with Crippen LogP contribution in [0.4, 0.5) is 0 Å². The fourth-order valence-electron chi connectivity index (χ4n) is 1.42. The maximum absolute atomic E-state index is 8.39. The summed E-state index contributed by atoms with van der Waals surface area (Å²) in [6, 6.07) is 9.65. The van der Waals surface area contributed by atoms with Gasteiger partial charge < -0.3 is 14.8 Å². The molecule has 0 radical (unpaired) electrons. The van der Waals surface area contributed by atoms with E-state index in [2.05, 4.69) is 11.9 Å². The van der Waals surface area contributed by atoms with Crippen molar-refractivity contribution in [1.82, 2.24) is 5.32 Å². The average Bonchev–Trinajstić information content (AvgIpc) is 2.42. The third kappa shape index (κ3) is 5.92. The Morgan fingerprint density at radius 3 is 2.78 bits per heavy atom. The molecule has 18 heavy (non-hydrogen) atoms. The van der Waals surface area contributed by atoms with Gasteiger partial charge in [-0.1, -0.05) is 18.7 Å². The third-order valence-corrected chi connectivity index (χ3v) is 2.29. The van der Waals surface area contributed by atoms with Crippen LogP contribution in [0.2, 0.25) is 0 Å². The zero-order valence-electron chi connectivity index (χ0n) is 10.4. The summed E-state index contributed by atoms with van der Waals surface area (Å²) in [5.74, 6) is 0.722. The van der Waals surface area contributed by atoms with Crippen LogP contribution in [0.25, 0.3) is 0 Å². The van der Waals surface area contributed by atoms with E-state index in [0.717, 1.165) is 25.3 Å². The summed E-state index contributed by atoms with van der Waals surface area (Å²) in [4.78, 5) is 0.